The van der Waals surface area contributed by atoms with Crippen LogP contribution in [0.1, 0.15) is 5.56 Å². The monoisotopic (exact) mass is 291 g/mol. The van der Waals surface area contributed by atoms with Crippen LogP contribution in [-0.4, -0.2) is 42.4 Å². The summed E-state index contributed by atoms with van der Waals surface area (Å²) in [6.45, 7) is 1.33. The van der Waals surface area contributed by atoms with Gasteiger partial charge in [-0.05, 0) is 35.5 Å². The zero-order valence-electron chi connectivity index (χ0n) is 10.9. The Morgan fingerprint density at radius 1 is 1.40 bits per heavy atom. The molecule has 104 valence electrons. The van der Waals surface area contributed by atoms with Gasteiger partial charge in [-0.15, -0.1) is 0 Å². The summed E-state index contributed by atoms with van der Waals surface area (Å²) in [5.74, 6) is 0.507. The average Bonchev–Trinajstić information content (AvgIpc) is 3.24. The molecular weight excluding hydrogens is 278 g/mol. The van der Waals surface area contributed by atoms with Crippen molar-refractivity contribution in [1.29, 1.82) is 0 Å². The Hall–Kier alpha value is -1.79. The van der Waals surface area contributed by atoms with Crippen molar-refractivity contribution in [1.82, 2.24) is 4.90 Å². The van der Waals surface area contributed by atoms with Gasteiger partial charge in [-0.25, -0.2) is 0 Å². The van der Waals surface area contributed by atoms with Crippen LogP contribution < -0.4 is 4.74 Å². The number of imide groups is 1. The van der Waals surface area contributed by atoms with Crippen LogP contribution in [0.5, 0.6) is 5.75 Å². The van der Waals surface area contributed by atoms with Crippen molar-refractivity contribution in [2.24, 2.45) is 0 Å². The molecule has 1 aromatic carbocycles. The summed E-state index contributed by atoms with van der Waals surface area (Å²) >= 11 is 0.954. The molecule has 1 aromatic rings. The van der Waals surface area contributed by atoms with Crippen LogP contribution in [0.3, 0.4) is 0 Å². The fraction of sp³-hybridized carbons (Fsp3) is 0.286. The molecule has 2 aliphatic heterocycles. The molecule has 2 fully saturated rings. The molecule has 0 saturated carbocycles. The number of amides is 2. The number of hydrogen-bond acceptors (Lipinski definition) is 5. The maximum atomic E-state index is 11.7. The van der Waals surface area contributed by atoms with Crippen LogP contribution in [0, 0.1) is 0 Å². The van der Waals surface area contributed by atoms with E-state index in [9.17, 15) is 9.59 Å². The molecule has 0 unspecified atom stereocenters. The first-order valence-corrected chi connectivity index (χ1v) is 7.01. The first-order valence-electron chi connectivity index (χ1n) is 6.19. The number of nitrogens with zero attached hydrogens (tertiary/aromatic N) is 1. The number of carbonyl (C=O) groups is 2. The molecule has 0 N–H and O–H groups in total. The molecule has 3 rings (SSSR count). The van der Waals surface area contributed by atoms with Crippen LogP contribution in [0.4, 0.5) is 4.79 Å². The zero-order chi connectivity index (χ0) is 14.1. The van der Waals surface area contributed by atoms with Crippen molar-refractivity contribution in [2.75, 3.05) is 20.3 Å². The lowest BCUT2D eigenvalue weighted by Crippen LogP contribution is -2.22. The van der Waals surface area contributed by atoms with Gasteiger partial charge < -0.3 is 9.47 Å². The molecule has 2 saturated heterocycles. The second kappa shape index (κ2) is 5.30. The van der Waals surface area contributed by atoms with Crippen LogP contribution in [0.2, 0.25) is 0 Å². The Bertz CT molecular complexity index is 577. The molecular formula is C14H13NO4S. The predicted molar refractivity (Wildman–Crippen MR) is 75.4 cm³/mol. The first-order chi connectivity index (χ1) is 9.63. The van der Waals surface area contributed by atoms with E-state index in [1.807, 2.05) is 24.3 Å². The quantitative estimate of drug-likeness (QED) is 0.628. The van der Waals surface area contributed by atoms with E-state index in [0.717, 1.165) is 34.6 Å². The third-order valence-electron chi connectivity index (χ3n) is 3.00. The molecule has 2 amide bonds. The van der Waals surface area contributed by atoms with Gasteiger partial charge in [-0.2, -0.15) is 0 Å². The van der Waals surface area contributed by atoms with Gasteiger partial charge in [0.2, 0.25) is 0 Å². The van der Waals surface area contributed by atoms with Gasteiger partial charge in [0.05, 0.1) is 11.5 Å². The smallest absolute Gasteiger partial charge is 0.293 e. The van der Waals surface area contributed by atoms with Gasteiger partial charge in [0.15, 0.2) is 0 Å². The summed E-state index contributed by atoms with van der Waals surface area (Å²) in [5.41, 5.74) is 0.860. The lowest BCUT2D eigenvalue weighted by Gasteiger charge is -2.04. The van der Waals surface area contributed by atoms with Crippen molar-refractivity contribution in [2.45, 2.75) is 6.10 Å². The molecule has 0 spiro atoms. The molecule has 0 radical (unpaired) electrons. The lowest BCUT2D eigenvalue weighted by molar-refractivity contribution is -0.121. The second-order valence-electron chi connectivity index (χ2n) is 4.58. The van der Waals surface area contributed by atoms with E-state index >= 15 is 0 Å². The number of epoxide rings is 1. The van der Waals surface area contributed by atoms with E-state index < -0.39 is 0 Å². The average molecular weight is 291 g/mol. The second-order valence-corrected chi connectivity index (χ2v) is 5.57. The molecule has 20 heavy (non-hydrogen) atoms. The van der Waals surface area contributed by atoms with E-state index in [0.29, 0.717) is 11.5 Å². The van der Waals surface area contributed by atoms with E-state index in [4.69, 9.17) is 9.47 Å². The van der Waals surface area contributed by atoms with Crippen LogP contribution >= 0.6 is 11.8 Å². The largest absolute Gasteiger partial charge is 0.491 e. The predicted octanol–water partition coefficient (Wildman–Crippen LogP) is 2.13. The Morgan fingerprint density at radius 3 is 2.65 bits per heavy atom. The van der Waals surface area contributed by atoms with Crippen molar-refractivity contribution in [3.8, 4) is 5.75 Å². The molecule has 0 aromatic heterocycles. The van der Waals surface area contributed by atoms with Crippen LogP contribution in [0.15, 0.2) is 29.2 Å². The third-order valence-corrected chi connectivity index (χ3v) is 3.96. The summed E-state index contributed by atoms with van der Waals surface area (Å²) in [7, 11) is 1.48. The Kier molecular flexibility index (Phi) is 3.50. The van der Waals surface area contributed by atoms with Gasteiger partial charge >= 0.3 is 0 Å². The van der Waals surface area contributed by atoms with Crippen molar-refractivity contribution < 1.29 is 19.1 Å². The topological polar surface area (TPSA) is 59.1 Å². The number of ether oxygens (including phenoxy) is 2. The normalized spacial score (nSPS) is 23.6. The Morgan fingerprint density at radius 2 is 2.10 bits per heavy atom. The summed E-state index contributed by atoms with van der Waals surface area (Å²) in [6.07, 6.45) is 1.94. The molecule has 5 nitrogen and oxygen atoms in total. The minimum atomic E-state index is -0.258. The number of rotatable bonds is 4. The van der Waals surface area contributed by atoms with Gasteiger partial charge in [0.1, 0.15) is 18.5 Å². The van der Waals surface area contributed by atoms with Crippen LogP contribution in [0.25, 0.3) is 6.08 Å². The van der Waals surface area contributed by atoms with Gasteiger partial charge in [0.25, 0.3) is 11.1 Å². The van der Waals surface area contributed by atoms with Crippen LogP contribution in [-0.2, 0) is 9.53 Å². The molecule has 2 heterocycles. The third kappa shape index (κ3) is 2.86. The number of thioether (sulfide) groups is 1. The minimum absolute atomic E-state index is 0.228. The highest BCUT2D eigenvalue weighted by molar-refractivity contribution is 8.18. The van der Waals surface area contributed by atoms with Crippen molar-refractivity contribution >= 4 is 29.0 Å². The van der Waals surface area contributed by atoms with Gasteiger partial charge in [0, 0.05) is 7.05 Å². The standard InChI is InChI=1S/C14H13NO4S/c1-15-13(16)12(20-14(15)17)6-9-2-4-10(5-3-9)18-7-11-8-19-11/h2-6,11H,7-8H2,1H3/b12-6-/t11-/m0/s1. The molecule has 2 aliphatic rings. The number of likely N-dealkylation sites (N-methyl/N-ethyl adjacent to an activating group) is 1. The van der Waals surface area contributed by atoms with Crippen molar-refractivity contribution in [3.63, 3.8) is 0 Å². The first kappa shape index (κ1) is 13.2. The maximum absolute atomic E-state index is 11.7. The van der Waals surface area contributed by atoms with Gasteiger partial charge in [-0.1, -0.05) is 12.1 Å². The lowest BCUT2D eigenvalue weighted by atomic mass is 10.2. The van der Waals surface area contributed by atoms with Crippen molar-refractivity contribution in [3.05, 3.63) is 34.7 Å². The summed E-state index contributed by atoms with van der Waals surface area (Å²) in [6, 6.07) is 7.38. The summed E-state index contributed by atoms with van der Waals surface area (Å²) < 4.78 is 10.6. The number of hydrogen-bond donors (Lipinski definition) is 0. The van der Waals surface area contributed by atoms with E-state index in [-0.39, 0.29) is 17.3 Å². The molecule has 6 heteroatoms. The maximum Gasteiger partial charge on any atom is 0.293 e. The van der Waals surface area contributed by atoms with E-state index in [1.165, 1.54) is 7.05 Å². The highest BCUT2D eigenvalue weighted by Crippen LogP contribution is 2.31. The minimum Gasteiger partial charge on any atom is -0.491 e. The molecule has 0 aliphatic carbocycles. The number of carbonyl (C=O) groups excluding carboxylic acids is 2. The SMILES string of the molecule is CN1C(=O)S/C(=C\c2ccc(OC[C@H]3CO3)cc2)C1=O. The summed E-state index contributed by atoms with van der Waals surface area (Å²) in [5, 5.41) is -0.245. The molecule has 1 atom stereocenters. The van der Waals surface area contributed by atoms with Gasteiger partial charge in [-0.3, -0.25) is 14.5 Å². The fourth-order valence-corrected chi connectivity index (χ4v) is 2.54. The summed E-state index contributed by atoms with van der Waals surface area (Å²) in [4.78, 5) is 24.7. The fourth-order valence-electron chi connectivity index (χ4n) is 1.71. The highest BCUT2D eigenvalue weighted by atomic mass is 32.2. The Labute approximate surface area is 120 Å². The Balaban J connectivity index is 1.68. The van der Waals surface area contributed by atoms with E-state index in [1.54, 1.807) is 6.08 Å². The zero-order valence-corrected chi connectivity index (χ0v) is 11.7. The molecule has 0 bridgehead atoms. The van der Waals surface area contributed by atoms with E-state index in [2.05, 4.69) is 0 Å². The highest BCUT2D eigenvalue weighted by Gasteiger charge is 2.31. The number of benzene rings is 1.